The number of hydrogen-bond acceptors (Lipinski definition) is 3. The van der Waals surface area contributed by atoms with E-state index in [9.17, 15) is 14.3 Å². The van der Waals surface area contributed by atoms with Crippen molar-refractivity contribution >= 4 is 37.8 Å². The Morgan fingerprint density at radius 2 is 2.07 bits per heavy atom. The van der Waals surface area contributed by atoms with Gasteiger partial charge in [0.05, 0.1) is 11.6 Å². The molecule has 1 N–H and O–H groups in total. The van der Waals surface area contributed by atoms with Crippen LogP contribution in [0.15, 0.2) is 15.0 Å². The number of ether oxygens (including phenoxy) is 1. The monoisotopic (exact) mass is 326 g/mol. The van der Waals surface area contributed by atoms with Gasteiger partial charge in [-0.3, -0.25) is 0 Å². The van der Waals surface area contributed by atoms with E-state index in [1.54, 1.807) is 0 Å². The van der Waals surface area contributed by atoms with Crippen LogP contribution in [0.25, 0.3) is 0 Å². The van der Waals surface area contributed by atoms with Gasteiger partial charge in [-0.2, -0.15) is 0 Å². The zero-order valence-corrected chi connectivity index (χ0v) is 10.1. The third-order valence-corrected chi connectivity index (χ3v) is 2.77. The van der Waals surface area contributed by atoms with Gasteiger partial charge in [-0.25, -0.2) is 9.18 Å². The van der Waals surface area contributed by atoms with Gasteiger partial charge >= 0.3 is 5.97 Å². The number of hydrogen-bond donors (Lipinski definition) is 1. The van der Waals surface area contributed by atoms with Crippen molar-refractivity contribution in [3.05, 3.63) is 26.4 Å². The van der Waals surface area contributed by atoms with Crippen molar-refractivity contribution in [2.24, 2.45) is 0 Å². The fraction of sp³-hybridized carbons (Fsp3) is 0.125. The Kier molecular flexibility index (Phi) is 3.49. The van der Waals surface area contributed by atoms with E-state index >= 15 is 0 Å². The highest BCUT2D eigenvalue weighted by molar-refractivity contribution is 9.11. The lowest BCUT2D eigenvalue weighted by molar-refractivity contribution is 0.0593. The van der Waals surface area contributed by atoms with Gasteiger partial charge in [0.15, 0.2) is 11.6 Å². The number of halogens is 3. The number of phenolic OH excluding ortho intramolecular Hbond substituents is 1. The third kappa shape index (κ3) is 1.90. The maximum absolute atomic E-state index is 13.3. The molecular weight excluding hydrogens is 323 g/mol. The Bertz CT molecular complexity index is 393. The second-order valence-electron chi connectivity index (χ2n) is 2.37. The summed E-state index contributed by atoms with van der Waals surface area (Å²) in [7, 11) is 1.13. The molecule has 0 amide bonds. The maximum Gasteiger partial charge on any atom is 0.342 e. The molecule has 0 saturated carbocycles. The quantitative estimate of drug-likeness (QED) is 0.807. The summed E-state index contributed by atoms with van der Waals surface area (Å²) in [6, 6.07) is 1.37. The minimum Gasteiger partial charge on any atom is -0.504 e. The van der Waals surface area contributed by atoms with E-state index in [0.717, 1.165) is 7.11 Å². The lowest BCUT2D eigenvalue weighted by Crippen LogP contribution is -2.06. The Morgan fingerprint density at radius 3 is 2.57 bits per heavy atom. The molecule has 14 heavy (non-hydrogen) atoms. The van der Waals surface area contributed by atoms with Crippen molar-refractivity contribution in [3.63, 3.8) is 0 Å². The van der Waals surface area contributed by atoms with Crippen LogP contribution in [0.4, 0.5) is 4.39 Å². The van der Waals surface area contributed by atoms with Crippen LogP contribution in [0.2, 0.25) is 0 Å². The van der Waals surface area contributed by atoms with Crippen LogP contribution in [0.1, 0.15) is 10.4 Å². The molecule has 0 spiro atoms. The summed E-state index contributed by atoms with van der Waals surface area (Å²) < 4.78 is 18.1. The predicted octanol–water partition coefficient (Wildman–Crippen LogP) is 2.84. The Morgan fingerprint density at radius 1 is 1.50 bits per heavy atom. The van der Waals surface area contributed by atoms with Crippen molar-refractivity contribution < 1.29 is 19.0 Å². The summed E-state index contributed by atoms with van der Waals surface area (Å²) in [4.78, 5) is 11.1. The van der Waals surface area contributed by atoms with Gasteiger partial charge in [0.2, 0.25) is 0 Å². The second-order valence-corrected chi connectivity index (χ2v) is 4.08. The van der Waals surface area contributed by atoms with Crippen molar-refractivity contribution in [3.8, 4) is 5.75 Å². The first-order chi connectivity index (χ1) is 6.49. The molecule has 1 aromatic carbocycles. The molecule has 3 nitrogen and oxygen atoms in total. The summed E-state index contributed by atoms with van der Waals surface area (Å²) >= 11 is 5.92. The number of methoxy groups -OCH3 is 1. The average molecular weight is 328 g/mol. The minimum atomic E-state index is -1.02. The lowest BCUT2D eigenvalue weighted by atomic mass is 10.2. The van der Waals surface area contributed by atoms with Crippen LogP contribution in [-0.4, -0.2) is 18.2 Å². The first-order valence-corrected chi connectivity index (χ1v) is 5.02. The molecule has 0 aromatic heterocycles. The molecule has 0 aliphatic rings. The summed E-state index contributed by atoms with van der Waals surface area (Å²) in [5.74, 6) is -2.48. The van der Waals surface area contributed by atoms with Crippen LogP contribution in [-0.2, 0) is 4.74 Å². The first kappa shape index (κ1) is 11.5. The topological polar surface area (TPSA) is 46.5 Å². The average Bonchev–Trinajstić information content (AvgIpc) is 2.14. The van der Waals surface area contributed by atoms with Crippen molar-refractivity contribution in [1.29, 1.82) is 0 Å². The highest BCUT2D eigenvalue weighted by atomic mass is 79.9. The molecule has 0 unspecified atom stereocenters. The molecule has 0 aliphatic heterocycles. The highest BCUT2D eigenvalue weighted by Gasteiger charge is 2.21. The molecule has 0 heterocycles. The first-order valence-electron chi connectivity index (χ1n) is 3.43. The summed E-state index contributed by atoms with van der Waals surface area (Å²) in [5.41, 5.74) is -0.326. The van der Waals surface area contributed by atoms with Gasteiger partial charge in [0, 0.05) is 4.47 Å². The van der Waals surface area contributed by atoms with E-state index in [0.29, 0.717) is 0 Å². The highest BCUT2D eigenvalue weighted by Crippen LogP contribution is 2.34. The van der Waals surface area contributed by atoms with Crippen LogP contribution >= 0.6 is 31.9 Å². The molecular formula is C8H5Br2FO3. The number of rotatable bonds is 1. The van der Waals surface area contributed by atoms with Crippen molar-refractivity contribution in [1.82, 2.24) is 0 Å². The Labute approximate surface area is 96.1 Å². The van der Waals surface area contributed by atoms with E-state index in [1.807, 2.05) is 0 Å². The van der Waals surface area contributed by atoms with Gasteiger partial charge < -0.3 is 9.84 Å². The molecule has 0 fully saturated rings. The Balaban J connectivity index is 3.44. The molecule has 6 heteroatoms. The van der Waals surface area contributed by atoms with E-state index in [4.69, 9.17) is 0 Å². The molecule has 1 aromatic rings. The smallest absolute Gasteiger partial charge is 0.342 e. The number of aromatic hydroxyl groups is 1. The largest absolute Gasteiger partial charge is 0.504 e. The van der Waals surface area contributed by atoms with Gasteiger partial charge in [0.25, 0.3) is 0 Å². The number of benzene rings is 1. The summed E-state index contributed by atoms with van der Waals surface area (Å²) in [5, 5.41) is 9.21. The van der Waals surface area contributed by atoms with Gasteiger partial charge in [-0.1, -0.05) is 0 Å². The third-order valence-electron chi connectivity index (χ3n) is 1.54. The molecule has 0 atom stereocenters. The van der Waals surface area contributed by atoms with Crippen molar-refractivity contribution in [2.45, 2.75) is 0 Å². The fourth-order valence-corrected chi connectivity index (χ4v) is 2.14. The minimum absolute atomic E-state index is 0.162. The maximum atomic E-state index is 13.3. The molecule has 0 aliphatic carbocycles. The van der Waals surface area contributed by atoms with Crippen LogP contribution in [0, 0.1) is 5.82 Å². The second kappa shape index (κ2) is 4.27. The number of carbonyl (C=O) groups excluding carboxylic acids is 1. The van der Waals surface area contributed by atoms with E-state index < -0.39 is 17.5 Å². The SMILES string of the molecule is COC(=O)c1c(Br)cc(Br)c(O)c1F. The number of esters is 1. The van der Waals surface area contributed by atoms with E-state index in [-0.39, 0.29) is 14.5 Å². The zero-order chi connectivity index (χ0) is 10.9. The predicted molar refractivity (Wildman–Crippen MR) is 54.8 cm³/mol. The molecule has 0 radical (unpaired) electrons. The fourth-order valence-electron chi connectivity index (χ4n) is 0.869. The molecule has 0 saturated heterocycles. The molecule has 1 rings (SSSR count). The van der Waals surface area contributed by atoms with Crippen molar-refractivity contribution in [2.75, 3.05) is 7.11 Å². The molecule has 76 valence electrons. The summed E-state index contributed by atoms with van der Waals surface area (Å²) in [6.07, 6.45) is 0. The van der Waals surface area contributed by atoms with Gasteiger partial charge in [0.1, 0.15) is 5.56 Å². The Hall–Kier alpha value is -0.620. The van der Waals surface area contributed by atoms with Gasteiger partial charge in [-0.15, -0.1) is 0 Å². The van der Waals surface area contributed by atoms with Crippen LogP contribution in [0.3, 0.4) is 0 Å². The zero-order valence-electron chi connectivity index (χ0n) is 6.97. The number of phenols is 1. The number of carbonyl (C=O) groups is 1. The standard InChI is InChI=1S/C8H5Br2FO3/c1-14-8(13)5-3(9)2-4(10)7(12)6(5)11/h2,12H,1H3. The normalized spacial score (nSPS) is 10.0. The summed E-state index contributed by atoms with van der Waals surface area (Å²) in [6.45, 7) is 0. The van der Waals surface area contributed by atoms with Crippen LogP contribution < -0.4 is 0 Å². The lowest BCUT2D eigenvalue weighted by Gasteiger charge is -2.06. The van der Waals surface area contributed by atoms with Crippen LogP contribution in [0.5, 0.6) is 5.75 Å². The van der Waals surface area contributed by atoms with Gasteiger partial charge in [-0.05, 0) is 37.9 Å². The van der Waals surface area contributed by atoms with E-state index in [1.165, 1.54) is 6.07 Å². The molecule has 0 bridgehead atoms. The van der Waals surface area contributed by atoms with E-state index in [2.05, 4.69) is 36.6 Å².